The summed E-state index contributed by atoms with van der Waals surface area (Å²) >= 11 is 1.28. The number of fused-ring (bicyclic) bond motifs is 1. The Morgan fingerprint density at radius 2 is 2.00 bits per heavy atom. The summed E-state index contributed by atoms with van der Waals surface area (Å²) in [5.41, 5.74) is 4.51. The predicted octanol–water partition coefficient (Wildman–Crippen LogP) is 3.45. The molecular weight excluding hydrogens is 450 g/mol. The molecule has 8 heteroatoms. The second kappa shape index (κ2) is 9.69. The number of carbonyl (C=O) groups is 1. The van der Waals surface area contributed by atoms with E-state index >= 15 is 0 Å². The number of rotatable bonds is 6. The molecule has 1 atom stereocenters. The Balaban J connectivity index is 1.88. The van der Waals surface area contributed by atoms with E-state index in [1.54, 1.807) is 31.7 Å². The lowest BCUT2D eigenvalue weighted by atomic mass is 9.95. The van der Waals surface area contributed by atoms with Crippen molar-refractivity contribution < 1.29 is 14.3 Å². The molecule has 1 N–H and O–H groups in total. The molecule has 176 valence electrons. The summed E-state index contributed by atoms with van der Waals surface area (Å²) in [6.45, 7) is 7.78. The normalized spacial score (nSPS) is 15.6. The third kappa shape index (κ3) is 4.41. The van der Waals surface area contributed by atoms with Gasteiger partial charge in [-0.1, -0.05) is 35.6 Å². The predicted molar refractivity (Wildman–Crippen MR) is 134 cm³/mol. The third-order valence-electron chi connectivity index (χ3n) is 5.68. The number of nitrogens with one attached hydrogen (secondary N) is 1. The zero-order valence-corrected chi connectivity index (χ0v) is 20.7. The van der Waals surface area contributed by atoms with Crippen LogP contribution in [0.3, 0.4) is 0 Å². The fraction of sp³-hybridized carbons (Fsp3) is 0.269. The highest BCUT2D eigenvalue weighted by Crippen LogP contribution is 2.32. The first-order valence-corrected chi connectivity index (χ1v) is 11.8. The van der Waals surface area contributed by atoms with E-state index in [0.717, 1.165) is 22.4 Å². The average molecular weight is 478 g/mol. The van der Waals surface area contributed by atoms with Crippen LogP contribution in [0.15, 0.2) is 63.5 Å². The molecule has 0 spiro atoms. The number of methoxy groups -OCH3 is 1. The topological polar surface area (TPSA) is 81.9 Å². The Hall–Kier alpha value is -3.65. The Kier molecular flexibility index (Phi) is 6.70. The number of aromatic nitrogens is 1. The zero-order valence-electron chi connectivity index (χ0n) is 19.8. The third-order valence-corrected chi connectivity index (χ3v) is 6.66. The SMILES string of the molecule is CCOC(=O)C1=C(C)N=c2s/c(=C\Nc3cc(C)ccc3C)c(=O)n2[C@@H]1c1cccc(OC)c1. The first-order chi connectivity index (χ1) is 16.3. The molecule has 1 aliphatic heterocycles. The van der Waals surface area contributed by atoms with Gasteiger partial charge in [-0.05, 0) is 62.6 Å². The smallest absolute Gasteiger partial charge is 0.338 e. The van der Waals surface area contributed by atoms with E-state index in [2.05, 4.69) is 10.3 Å². The summed E-state index contributed by atoms with van der Waals surface area (Å²) < 4.78 is 12.8. The lowest BCUT2D eigenvalue weighted by molar-refractivity contribution is -0.139. The monoisotopic (exact) mass is 477 g/mol. The van der Waals surface area contributed by atoms with Crippen molar-refractivity contribution in [2.24, 2.45) is 4.99 Å². The first-order valence-electron chi connectivity index (χ1n) is 11.0. The van der Waals surface area contributed by atoms with Crippen LogP contribution in [0.4, 0.5) is 5.69 Å². The van der Waals surface area contributed by atoms with Gasteiger partial charge >= 0.3 is 5.97 Å². The maximum absolute atomic E-state index is 13.6. The highest BCUT2D eigenvalue weighted by molar-refractivity contribution is 7.07. The average Bonchev–Trinajstić information content (AvgIpc) is 3.13. The van der Waals surface area contributed by atoms with Crippen molar-refractivity contribution in [1.29, 1.82) is 0 Å². The molecule has 0 fully saturated rings. The van der Waals surface area contributed by atoms with Crippen LogP contribution < -0.4 is 24.9 Å². The number of aryl methyl sites for hydroxylation is 2. The van der Waals surface area contributed by atoms with Crippen molar-refractivity contribution in [3.8, 4) is 5.75 Å². The maximum Gasteiger partial charge on any atom is 0.338 e. The summed E-state index contributed by atoms with van der Waals surface area (Å²) in [7, 11) is 1.58. The van der Waals surface area contributed by atoms with Gasteiger partial charge in [-0.2, -0.15) is 0 Å². The van der Waals surface area contributed by atoms with E-state index in [9.17, 15) is 9.59 Å². The molecule has 0 saturated carbocycles. The van der Waals surface area contributed by atoms with Gasteiger partial charge in [0.25, 0.3) is 5.56 Å². The molecule has 3 aromatic rings. The number of hydrogen-bond donors (Lipinski definition) is 1. The Morgan fingerprint density at radius 3 is 2.74 bits per heavy atom. The molecule has 0 saturated heterocycles. The maximum atomic E-state index is 13.6. The van der Waals surface area contributed by atoms with Gasteiger partial charge in [-0.3, -0.25) is 9.36 Å². The van der Waals surface area contributed by atoms with Gasteiger partial charge in [-0.15, -0.1) is 0 Å². The van der Waals surface area contributed by atoms with E-state index in [1.807, 2.05) is 56.3 Å². The van der Waals surface area contributed by atoms with Gasteiger partial charge in [0, 0.05) is 11.9 Å². The van der Waals surface area contributed by atoms with E-state index < -0.39 is 12.0 Å². The van der Waals surface area contributed by atoms with Crippen LogP contribution in [-0.4, -0.2) is 24.3 Å². The van der Waals surface area contributed by atoms with Crippen LogP contribution in [0.25, 0.3) is 6.20 Å². The molecular formula is C26H27N3O4S. The van der Waals surface area contributed by atoms with Crippen molar-refractivity contribution in [2.45, 2.75) is 33.7 Å². The number of carbonyl (C=O) groups excluding carboxylic acids is 1. The minimum atomic E-state index is -0.673. The number of benzene rings is 2. The summed E-state index contributed by atoms with van der Waals surface area (Å²) in [5.74, 6) is 0.147. The fourth-order valence-electron chi connectivity index (χ4n) is 3.95. The Labute approximate surface area is 201 Å². The van der Waals surface area contributed by atoms with Gasteiger partial charge in [0.05, 0.1) is 31.0 Å². The number of hydrogen-bond acceptors (Lipinski definition) is 7. The molecule has 0 amide bonds. The molecule has 4 rings (SSSR count). The van der Waals surface area contributed by atoms with Crippen LogP contribution in [0, 0.1) is 13.8 Å². The number of thiazole rings is 1. The quantitative estimate of drug-likeness (QED) is 0.550. The highest BCUT2D eigenvalue weighted by atomic mass is 32.1. The molecule has 1 aromatic heterocycles. The second-order valence-electron chi connectivity index (χ2n) is 8.04. The molecule has 1 aliphatic rings. The van der Waals surface area contributed by atoms with E-state index in [1.165, 1.54) is 11.3 Å². The lowest BCUT2D eigenvalue weighted by Crippen LogP contribution is -2.40. The van der Waals surface area contributed by atoms with E-state index in [4.69, 9.17) is 9.47 Å². The summed E-state index contributed by atoms with van der Waals surface area (Å²) in [6, 6.07) is 12.8. The molecule has 2 heterocycles. The molecule has 0 bridgehead atoms. The minimum absolute atomic E-state index is 0.227. The van der Waals surface area contributed by atoms with Crippen molar-refractivity contribution in [3.05, 3.63) is 90.1 Å². The largest absolute Gasteiger partial charge is 0.497 e. The van der Waals surface area contributed by atoms with Crippen LogP contribution in [0.2, 0.25) is 0 Å². The Morgan fingerprint density at radius 1 is 1.21 bits per heavy atom. The van der Waals surface area contributed by atoms with Crippen LogP contribution in [-0.2, 0) is 9.53 Å². The van der Waals surface area contributed by atoms with Crippen molar-refractivity contribution in [1.82, 2.24) is 4.57 Å². The standard InChI is InChI=1S/C26H27N3O4S/c1-6-33-25(31)22-17(4)28-26-29(23(22)18-8-7-9-19(13-18)32-5)24(30)21(34-26)14-27-20-12-15(2)10-11-16(20)3/h7-14,23,27H,6H2,1-5H3/b21-14-/t23-/m1/s1. The Bertz CT molecular complexity index is 1470. The number of ether oxygens (including phenoxy) is 2. The second-order valence-corrected chi connectivity index (χ2v) is 9.05. The lowest BCUT2D eigenvalue weighted by Gasteiger charge is -2.24. The summed E-state index contributed by atoms with van der Waals surface area (Å²) in [4.78, 5) is 31.7. The molecule has 0 radical (unpaired) electrons. The van der Waals surface area contributed by atoms with Gasteiger partial charge in [0.2, 0.25) is 0 Å². The zero-order chi connectivity index (χ0) is 24.4. The molecule has 0 aliphatic carbocycles. The first kappa shape index (κ1) is 23.5. The van der Waals surface area contributed by atoms with E-state index in [-0.39, 0.29) is 12.2 Å². The summed E-state index contributed by atoms with van der Waals surface area (Å²) in [6.07, 6.45) is 1.71. The minimum Gasteiger partial charge on any atom is -0.497 e. The van der Waals surface area contributed by atoms with Gasteiger partial charge in [-0.25, -0.2) is 9.79 Å². The van der Waals surface area contributed by atoms with Gasteiger partial charge in [0.15, 0.2) is 4.80 Å². The molecule has 7 nitrogen and oxygen atoms in total. The van der Waals surface area contributed by atoms with Crippen molar-refractivity contribution in [3.63, 3.8) is 0 Å². The van der Waals surface area contributed by atoms with Crippen LogP contribution >= 0.6 is 11.3 Å². The molecule has 34 heavy (non-hydrogen) atoms. The highest BCUT2D eigenvalue weighted by Gasteiger charge is 2.33. The van der Waals surface area contributed by atoms with Crippen LogP contribution in [0.5, 0.6) is 5.75 Å². The van der Waals surface area contributed by atoms with Gasteiger partial charge in [0.1, 0.15) is 10.3 Å². The fourth-order valence-corrected chi connectivity index (χ4v) is 4.92. The molecule has 0 unspecified atom stereocenters. The van der Waals surface area contributed by atoms with Crippen molar-refractivity contribution in [2.75, 3.05) is 19.0 Å². The van der Waals surface area contributed by atoms with Crippen LogP contribution in [0.1, 0.15) is 36.6 Å². The molecule has 2 aromatic carbocycles. The van der Waals surface area contributed by atoms with Gasteiger partial charge < -0.3 is 14.8 Å². The number of esters is 1. The summed E-state index contributed by atoms with van der Waals surface area (Å²) in [5, 5.41) is 3.26. The van der Waals surface area contributed by atoms with Crippen molar-refractivity contribution >= 4 is 29.2 Å². The number of nitrogens with zero attached hydrogens (tertiary/aromatic N) is 2. The van der Waals surface area contributed by atoms with E-state index in [0.29, 0.717) is 26.4 Å². The number of anilines is 1. The number of allylic oxidation sites excluding steroid dienone is 1.